The lowest BCUT2D eigenvalue weighted by Gasteiger charge is -2.16. The quantitative estimate of drug-likeness (QED) is 0.436. The largest absolute Gasteiger partial charge is 0.120 e. The molecule has 26 heavy (non-hydrogen) atoms. The molecule has 0 saturated carbocycles. The number of rotatable bonds is 4. The van der Waals surface area contributed by atoms with Crippen LogP contribution in [-0.4, -0.2) is 4.86 Å². The molecule has 0 nitrogen and oxygen atoms in total. The van der Waals surface area contributed by atoms with Gasteiger partial charge in [0.15, 0.2) is 0 Å². The van der Waals surface area contributed by atoms with Crippen molar-refractivity contribution in [2.75, 3.05) is 0 Å². The summed E-state index contributed by atoms with van der Waals surface area (Å²) >= 11 is 1.81. The van der Waals surface area contributed by atoms with Gasteiger partial charge < -0.3 is 0 Å². The summed E-state index contributed by atoms with van der Waals surface area (Å²) in [5.41, 5.74) is 0. The Morgan fingerprint density at radius 3 is 1.88 bits per heavy atom. The highest BCUT2D eigenvalue weighted by Gasteiger charge is 2.09. The molecule has 1 unspecified atom stereocenters. The minimum Gasteiger partial charge on any atom is -0.120 e. The molecule has 0 saturated heterocycles. The van der Waals surface area contributed by atoms with Gasteiger partial charge in [-0.05, 0) is 59.8 Å². The van der Waals surface area contributed by atoms with E-state index in [1.165, 1.54) is 24.4 Å². The maximum absolute atomic E-state index is 2.29. The van der Waals surface area contributed by atoms with Crippen LogP contribution in [0.5, 0.6) is 0 Å². The maximum atomic E-state index is 2.29. The molecule has 4 rings (SSSR count). The maximum Gasteiger partial charge on any atom is 0.0123 e. The van der Waals surface area contributed by atoms with Crippen molar-refractivity contribution in [3.05, 3.63) is 109 Å². The summed E-state index contributed by atoms with van der Waals surface area (Å²) in [6, 6.07) is 30.5. The number of hydrogen-bond acceptors (Lipinski definition) is 1. The Kier molecular flexibility index (Phi) is 5.53. The summed E-state index contributed by atoms with van der Waals surface area (Å²) < 4.78 is 0. The summed E-state index contributed by atoms with van der Waals surface area (Å²) in [7, 11) is -0.0231. The third-order valence-electron chi connectivity index (χ3n) is 4.13. The van der Waals surface area contributed by atoms with Crippen LogP contribution in [0.1, 0.15) is 6.42 Å². The normalized spacial score (nSPS) is 15.8. The van der Waals surface area contributed by atoms with E-state index in [2.05, 4.69) is 109 Å². The molecule has 3 aromatic rings. The lowest BCUT2D eigenvalue weighted by Crippen LogP contribution is -1.97. The fourth-order valence-electron chi connectivity index (χ4n) is 2.91. The summed E-state index contributed by atoms with van der Waals surface area (Å²) in [4.78, 5) is 6.79. The molecule has 0 aliphatic heterocycles. The van der Waals surface area contributed by atoms with Crippen molar-refractivity contribution < 1.29 is 0 Å². The zero-order valence-corrected chi connectivity index (χ0v) is 16.0. The molecule has 0 aromatic heterocycles. The average molecular weight is 373 g/mol. The minimum atomic E-state index is -0.0231. The van der Waals surface area contributed by atoms with Gasteiger partial charge in [-0.1, -0.05) is 72.5 Å². The molecule has 0 spiro atoms. The zero-order valence-electron chi connectivity index (χ0n) is 14.4. The van der Waals surface area contributed by atoms with Crippen LogP contribution in [0.3, 0.4) is 0 Å². The molecule has 0 heterocycles. The second-order valence-corrected chi connectivity index (χ2v) is 9.19. The highest BCUT2D eigenvalue weighted by atomic mass is 32.2. The summed E-state index contributed by atoms with van der Waals surface area (Å²) in [5, 5.41) is 0. The molecule has 0 radical (unpaired) electrons. The van der Waals surface area contributed by atoms with Crippen molar-refractivity contribution in [1.82, 2.24) is 0 Å². The Morgan fingerprint density at radius 1 is 0.615 bits per heavy atom. The first-order valence-corrected chi connectivity index (χ1v) is 10.8. The monoisotopic (exact) mass is 372 g/mol. The lowest BCUT2D eigenvalue weighted by molar-refractivity contribution is 1.32. The van der Waals surface area contributed by atoms with Gasteiger partial charge >= 0.3 is 0 Å². The van der Waals surface area contributed by atoms with Gasteiger partial charge in [0, 0.05) is 19.6 Å². The van der Waals surface area contributed by atoms with Crippen LogP contribution in [-0.2, 0) is 0 Å². The number of benzene rings is 3. The molecule has 3 aromatic carbocycles. The van der Waals surface area contributed by atoms with E-state index in [0.29, 0.717) is 0 Å². The van der Waals surface area contributed by atoms with Crippen molar-refractivity contribution in [3.63, 3.8) is 0 Å². The summed E-state index contributed by atoms with van der Waals surface area (Å²) in [6.45, 7) is 0. The van der Waals surface area contributed by atoms with Crippen LogP contribution in [0.2, 0.25) is 0 Å². The zero-order chi connectivity index (χ0) is 17.6. The third-order valence-corrected chi connectivity index (χ3v) is 7.46. The van der Waals surface area contributed by atoms with E-state index in [9.17, 15) is 0 Å². The Labute approximate surface area is 162 Å². The van der Waals surface area contributed by atoms with Crippen molar-refractivity contribution >= 4 is 27.1 Å². The van der Waals surface area contributed by atoms with E-state index in [4.69, 9.17) is 0 Å². The molecule has 0 bridgehead atoms. The second-order valence-electron chi connectivity index (χ2n) is 5.96. The van der Waals surface area contributed by atoms with Gasteiger partial charge in [0.05, 0.1) is 0 Å². The standard InChI is InChI=1S/C24H20S2/c1-4-10-20(11-5-1)25-21-16-18-24(19-17-21)26(22-12-6-2-7-13-22)23-14-8-3-9-15-23/h1-14,16-19H,15H2. The van der Waals surface area contributed by atoms with Crippen LogP contribution in [0, 0.1) is 0 Å². The molecule has 0 amide bonds. The van der Waals surface area contributed by atoms with Crippen molar-refractivity contribution in [2.45, 2.75) is 26.0 Å². The van der Waals surface area contributed by atoms with Crippen molar-refractivity contribution in [3.8, 4) is 0 Å². The van der Waals surface area contributed by atoms with Gasteiger partial charge in [0.1, 0.15) is 0 Å². The van der Waals surface area contributed by atoms with E-state index in [1.807, 2.05) is 11.8 Å². The molecule has 2 heteroatoms. The van der Waals surface area contributed by atoms with Crippen LogP contribution >= 0.6 is 22.2 Å². The van der Waals surface area contributed by atoms with Gasteiger partial charge in [-0.25, -0.2) is 0 Å². The predicted octanol–water partition coefficient (Wildman–Crippen LogP) is 7.21. The summed E-state index contributed by atoms with van der Waals surface area (Å²) in [6.07, 6.45) is 9.84. The molecule has 1 aliphatic carbocycles. The van der Waals surface area contributed by atoms with Gasteiger partial charge in [-0.15, -0.1) is 10.5 Å². The molecule has 128 valence electrons. The van der Waals surface area contributed by atoms with Gasteiger partial charge in [0.25, 0.3) is 0 Å². The summed E-state index contributed by atoms with van der Waals surface area (Å²) in [5.74, 6) is 0. The Hall–Kier alpha value is -2.29. The highest BCUT2D eigenvalue weighted by Crippen LogP contribution is 2.40. The second kappa shape index (κ2) is 8.39. The SMILES string of the molecule is C1=CC/C(=S(/c2ccccc2)c2ccc(Sc3ccccc3)cc2)C=C1. The Balaban J connectivity index is 1.69. The Bertz CT molecular complexity index is 950. The van der Waals surface area contributed by atoms with Crippen LogP contribution in [0.4, 0.5) is 0 Å². The third kappa shape index (κ3) is 4.09. The molecule has 0 N–H and O–H groups in total. The van der Waals surface area contributed by atoms with Gasteiger partial charge in [-0.2, -0.15) is 0 Å². The van der Waals surface area contributed by atoms with Crippen molar-refractivity contribution in [1.29, 1.82) is 0 Å². The first-order valence-electron chi connectivity index (χ1n) is 8.71. The first-order chi connectivity index (χ1) is 12.9. The van der Waals surface area contributed by atoms with Gasteiger partial charge in [-0.3, -0.25) is 0 Å². The van der Waals surface area contributed by atoms with E-state index in [1.54, 1.807) is 0 Å². The molecule has 0 fully saturated rings. The predicted molar refractivity (Wildman–Crippen MR) is 115 cm³/mol. The average Bonchev–Trinajstić information content (AvgIpc) is 2.72. The van der Waals surface area contributed by atoms with Crippen molar-refractivity contribution in [2.24, 2.45) is 0 Å². The topological polar surface area (TPSA) is 0 Å². The van der Waals surface area contributed by atoms with E-state index in [-0.39, 0.29) is 10.5 Å². The smallest absolute Gasteiger partial charge is 0.0123 e. The van der Waals surface area contributed by atoms with Gasteiger partial charge in [0.2, 0.25) is 0 Å². The first kappa shape index (κ1) is 17.1. The van der Waals surface area contributed by atoms with Crippen LogP contribution in [0.25, 0.3) is 0 Å². The van der Waals surface area contributed by atoms with Crippen LogP contribution < -0.4 is 0 Å². The number of hydrogen-bond donors (Lipinski definition) is 0. The van der Waals surface area contributed by atoms with E-state index >= 15 is 0 Å². The van der Waals surface area contributed by atoms with E-state index in [0.717, 1.165) is 6.42 Å². The molecular formula is C24H20S2. The van der Waals surface area contributed by atoms with E-state index < -0.39 is 0 Å². The van der Waals surface area contributed by atoms with Crippen LogP contribution in [0.15, 0.2) is 129 Å². The fourth-order valence-corrected chi connectivity index (χ4v) is 5.94. The highest BCUT2D eigenvalue weighted by molar-refractivity contribution is 8.16. The fraction of sp³-hybridized carbons (Fsp3) is 0.0417. The molecule has 1 aliphatic rings. The lowest BCUT2D eigenvalue weighted by atomic mass is 10.2. The minimum absolute atomic E-state index is 0.0231. The Morgan fingerprint density at radius 2 is 1.23 bits per heavy atom. The molecule has 1 atom stereocenters. The number of allylic oxidation sites excluding steroid dienone is 4. The molecular weight excluding hydrogens is 352 g/mol.